The summed E-state index contributed by atoms with van der Waals surface area (Å²) < 4.78 is 1.15. The zero-order chi connectivity index (χ0) is 22.5. The van der Waals surface area contributed by atoms with E-state index < -0.39 is 0 Å². The molecule has 1 fully saturated rings. The van der Waals surface area contributed by atoms with E-state index in [1.54, 1.807) is 23.9 Å². The second kappa shape index (κ2) is 10.3. The number of nitrogens with one attached hydrogen (secondary N) is 1. The molecule has 0 aliphatic carbocycles. The summed E-state index contributed by atoms with van der Waals surface area (Å²) in [5, 5.41) is 4.17. The third kappa shape index (κ3) is 5.39. The smallest absolute Gasteiger partial charge is 0.271 e. The van der Waals surface area contributed by atoms with Crippen molar-refractivity contribution in [3.05, 3.63) is 105 Å². The molecule has 0 aromatic heterocycles. The van der Waals surface area contributed by atoms with E-state index in [4.69, 9.17) is 0 Å². The fourth-order valence-corrected chi connectivity index (χ4v) is 4.98. The van der Waals surface area contributed by atoms with Crippen LogP contribution in [0.1, 0.15) is 39.3 Å². The number of hydrogen-bond donors (Lipinski definition) is 1. The molecular formula is C25H22IN3O2S. The van der Waals surface area contributed by atoms with Gasteiger partial charge in [0, 0.05) is 15.7 Å². The monoisotopic (exact) mass is 555 g/mol. The molecule has 0 saturated carbocycles. The third-order valence-electron chi connectivity index (χ3n) is 5.21. The zero-order valence-corrected chi connectivity index (χ0v) is 20.5. The first-order chi connectivity index (χ1) is 15.5. The summed E-state index contributed by atoms with van der Waals surface area (Å²) in [6.07, 6.45) is 0. The quantitative estimate of drug-likeness (QED) is 0.258. The van der Waals surface area contributed by atoms with Crippen LogP contribution in [-0.4, -0.2) is 28.2 Å². The highest BCUT2D eigenvalue weighted by atomic mass is 127. The Bertz CT molecular complexity index is 1130. The van der Waals surface area contributed by atoms with E-state index in [2.05, 4.69) is 33.1 Å². The highest BCUT2D eigenvalue weighted by Gasteiger charge is 2.32. The van der Waals surface area contributed by atoms with Gasteiger partial charge in [0.15, 0.2) is 0 Å². The second-order valence-electron chi connectivity index (χ2n) is 7.44. The molecule has 1 aliphatic heterocycles. The summed E-state index contributed by atoms with van der Waals surface area (Å²) in [7, 11) is 0. The molecule has 1 aliphatic rings. The standard InChI is InChI=1S/C25H22IN3O2S/c1-17(19-11-13-22(26)14-12-19)27-28-24(31)20-7-9-21(10-8-20)25-29(23(30)16-32-25)15-18-5-3-2-4-6-18/h2-14,25H,15-16H2,1H3,(H,28,31)/b27-17-/t25-/m0/s1. The van der Waals surface area contributed by atoms with Crippen LogP contribution in [0.15, 0.2) is 84.0 Å². The normalized spacial score (nSPS) is 16.3. The van der Waals surface area contributed by atoms with E-state index in [1.807, 2.05) is 78.6 Å². The number of nitrogens with zero attached hydrogens (tertiary/aromatic N) is 2. The molecule has 3 aromatic rings. The van der Waals surface area contributed by atoms with Gasteiger partial charge in [0.2, 0.25) is 5.91 Å². The molecule has 32 heavy (non-hydrogen) atoms. The van der Waals surface area contributed by atoms with Crippen molar-refractivity contribution in [1.82, 2.24) is 10.3 Å². The van der Waals surface area contributed by atoms with E-state index in [-0.39, 0.29) is 17.2 Å². The van der Waals surface area contributed by atoms with Gasteiger partial charge in [-0.3, -0.25) is 9.59 Å². The number of rotatable bonds is 6. The highest BCUT2D eigenvalue weighted by molar-refractivity contribution is 14.1. The van der Waals surface area contributed by atoms with Crippen LogP contribution in [0.25, 0.3) is 0 Å². The topological polar surface area (TPSA) is 61.8 Å². The molecule has 7 heteroatoms. The first-order valence-corrected chi connectivity index (χ1v) is 12.3. The first kappa shape index (κ1) is 22.5. The Kier molecular flexibility index (Phi) is 7.26. The maximum absolute atomic E-state index is 12.5. The summed E-state index contributed by atoms with van der Waals surface area (Å²) >= 11 is 3.86. The van der Waals surface area contributed by atoms with Crippen molar-refractivity contribution >= 4 is 51.9 Å². The fourth-order valence-electron chi connectivity index (χ4n) is 3.44. The minimum absolute atomic E-state index is 0.0547. The molecule has 0 spiro atoms. The van der Waals surface area contributed by atoms with Crippen LogP contribution >= 0.6 is 34.4 Å². The van der Waals surface area contributed by atoms with Crippen LogP contribution in [0.4, 0.5) is 0 Å². The Morgan fingerprint density at radius 3 is 2.38 bits per heavy atom. The molecule has 2 amide bonds. The van der Waals surface area contributed by atoms with E-state index in [1.165, 1.54) is 0 Å². The minimum atomic E-state index is -0.266. The van der Waals surface area contributed by atoms with Gasteiger partial charge < -0.3 is 4.90 Å². The Balaban J connectivity index is 1.42. The van der Waals surface area contributed by atoms with Crippen molar-refractivity contribution in [2.75, 3.05) is 5.75 Å². The largest absolute Gasteiger partial charge is 0.322 e. The lowest BCUT2D eigenvalue weighted by Gasteiger charge is -2.24. The molecule has 0 bridgehead atoms. The Morgan fingerprint density at radius 2 is 1.69 bits per heavy atom. The van der Waals surface area contributed by atoms with Crippen LogP contribution in [0.5, 0.6) is 0 Å². The molecule has 0 unspecified atom stereocenters. The van der Waals surface area contributed by atoms with Crippen molar-refractivity contribution in [2.24, 2.45) is 5.10 Å². The first-order valence-electron chi connectivity index (χ1n) is 10.2. The molecule has 1 heterocycles. The van der Waals surface area contributed by atoms with Crippen molar-refractivity contribution in [3.63, 3.8) is 0 Å². The molecule has 4 rings (SSSR count). The van der Waals surface area contributed by atoms with Gasteiger partial charge in [0.25, 0.3) is 5.91 Å². The van der Waals surface area contributed by atoms with E-state index in [0.717, 1.165) is 26.0 Å². The number of halogens is 1. The number of thioether (sulfide) groups is 1. The van der Waals surface area contributed by atoms with E-state index >= 15 is 0 Å². The minimum Gasteiger partial charge on any atom is -0.322 e. The molecule has 5 nitrogen and oxygen atoms in total. The zero-order valence-electron chi connectivity index (χ0n) is 17.5. The SMILES string of the molecule is C/C(=N/NC(=O)c1ccc([C@@H]2SCC(=O)N2Cc2ccccc2)cc1)c1ccc(I)cc1. The molecule has 162 valence electrons. The molecule has 1 saturated heterocycles. The Hall–Kier alpha value is -2.65. The van der Waals surface area contributed by atoms with Crippen molar-refractivity contribution in [3.8, 4) is 0 Å². The number of carbonyl (C=O) groups excluding carboxylic acids is 2. The molecule has 1 atom stereocenters. The lowest BCUT2D eigenvalue weighted by Crippen LogP contribution is -2.27. The lowest BCUT2D eigenvalue weighted by atomic mass is 10.1. The summed E-state index contributed by atoms with van der Waals surface area (Å²) in [6.45, 7) is 2.44. The van der Waals surface area contributed by atoms with Gasteiger partial charge in [-0.05, 0) is 70.5 Å². The third-order valence-corrected chi connectivity index (χ3v) is 7.18. The summed E-state index contributed by atoms with van der Waals surface area (Å²) in [6, 6.07) is 25.3. The predicted octanol–water partition coefficient (Wildman–Crippen LogP) is 5.22. The van der Waals surface area contributed by atoms with Crippen LogP contribution in [0, 0.1) is 3.57 Å². The van der Waals surface area contributed by atoms with Gasteiger partial charge in [-0.1, -0.05) is 54.6 Å². The van der Waals surface area contributed by atoms with Crippen molar-refractivity contribution in [2.45, 2.75) is 18.8 Å². The van der Waals surface area contributed by atoms with Crippen molar-refractivity contribution < 1.29 is 9.59 Å². The van der Waals surface area contributed by atoms with Gasteiger partial charge in [0.1, 0.15) is 5.37 Å². The number of hydrogen-bond acceptors (Lipinski definition) is 4. The Morgan fingerprint density at radius 1 is 1.03 bits per heavy atom. The summed E-state index contributed by atoms with van der Waals surface area (Å²) in [5.74, 6) is 0.329. The fraction of sp³-hybridized carbons (Fsp3) is 0.160. The maximum Gasteiger partial charge on any atom is 0.271 e. The maximum atomic E-state index is 12.5. The number of amides is 2. The molecule has 0 radical (unpaired) electrons. The number of hydrazone groups is 1. The van der Waals surface area contributed by atoms with Gasteiger partial charge in [-0.2, -0.15) is 5.10 Å². The number of benzene rings is 3. The average molecular weight is 555 g/mol. The van der Waals surface area contributed by atoms with Crippen LogP contribution in [0.3, 0.4) is 0 Å². The summed E-state index contributed by atoms with van der Waals surface area (Å²) in [4.78, 5) is 26.9. The van der Waals surface area contributed by atoms with Crippen LogP contribution in [-0.2, 0) is 11.3 Å². The van der Waals surface area contributed by atoms with Gasteiger partial charge in [-0.25, -0.2) is 5.43 Å². The summed E-state index contributed by atoms with van der Waals surface area (Å²) in [5.41, 5.74) is 6.96. The molecule has 1 N–H and O–H groups in total. The lowest BCUT2D eigenvalue weighted by molar-refractivity contribution is -0.128. The average Bonchev–Trinajstić information content (AvgIpc) is 3.18. The van der Waals surface area contributed by atoms with Gasteiger partial charge in [0.05, 0.1) is 11.5 Å². The highest BCUT2D eigenvalue weighted by Crippen LogP contribution is 2.39. The van der Waals surface area contributed by atoms with Gasteiger partial charge in [-0.15, -0.1) is 11.8 Å². The van der Waals surface area contributed by atoms with Crippen LogP contribution in [0.2, 0.25) is 0 Å². The molecular weight excluding hydrogens is 533 g/mol. The Labute approximate surface area is 205 Å². The van der Waals surface area contributed by atoms with Gasteiger partial charge >= 0.3 is 0 Å². The van der Waals surface area contributed by atoms with E-state index in [0.29, 0.717) is 17.9 Å². The number of carbonyl (C=O) groups is 2. The molecule has 3 aromatic carbocycles. The second-order valence-corrected chi connectivity index (χ2v) is 9.75. The van der Waals surface area contributed by atoms with Crippen LogP contribution < -0.4 is 5.43 Å². The van der Waals surface area contributed by atoms with E-state index in [9.17, 15) is 9.59 Å². The van der Waals surface area contributed by atoms with Crippen molar-refractivity contribution in [1.29, 1.82) is 0 Å². The predicted molar refractivity (Wildman–Crippen MR) is 137 cm³/mol.